The zero-order chi connectivity index (χ0) is 26.2. The summed E-state index contributed by atoms with van der Waals surface area (Å²) in [6.07, 6.45) is 8.27. The first kappa shape index (κ1) is 24.5. The van der Waals surface area contributed by atoms with Crippen molar-refractivity contribution in [2.45, 2.75) is 25.9 Å². The second-order valence-corrected chi connectivity index (χ2v) is 9.82. The average Bonchev–Trinajstić information content (AvgIpc) is 2.91. The minimum absolute atomic E-state index is 0.0540. The first-order chi connectivity index (χ1) is 17.8. The number of anilines is 1. The van der Waals surface area contributed by atoms with E-state index in [0.29, 0.717) is 30.2 Å². The van der Waals surface area contributed by atoms with Crippen LogP contribution in [0.4, 0.5) is 5.82 Å². The van der Waals surface area contributed by atoms with Crippen molar-refractivity contribution in [2.24, 2.45) is 10.9 Å². The first-order valence-corrected chi connectivity index (χ1v) is 12.3. The number of aliphatic hydroxyl groups is 1. The molecule has 0 radical (unpaired) electrons. The number of hydrogen-bond donors (Lipinski definition) is 1. The highest BCUT2D eigenvalue weighted by molar-refractivity contribution is 5.94. The molecule has 1 aliphatic carbocycles. The normalized spacial score (nSPS) is 19.8. The fourth-order valence-corrected chi connectivity index (χ4v) is 4.95. The van der Waals surface area contributed by atoms with Crippen LogP contribution in [0, 0.1) is 17.2 Å². The summed E-state index contributed by atoms with van der Waals surface area (Å²) in [7, 11) is 1.64. The number of benzene rings is 1. The maximum Gasteiger partial charge on any atom is 0.246 e. The van der Waals surface area contributed by atoms with Crippen molar-refractivity contribution in [1.29, 1.82) is 5.26 Å². The number of aliphatic imine (C=N–C) groups is 1. The van der Waals surface area contributed by atoms with Gasteiger partial charge in [0.15, 0.2) is 0 Å². The second-order valence-electron chi connectivity index (χ2n) is 9.82. The Morgan fingerprint density at radius 2 is 1.95 bits per heavy atom. The minimum Gasteiger partial charge on any atom is -0.498 e. The Kier molecular flexibility index (Phi) is 6.40. The quantitative estimate of drug-likeness (QED) is 0.678. The van der Waals surface area contributed by atoms with E-state index in [9.17, 15) is 9.90 Å². The number of aromatic nitrogens is 1. The number of rotatable bonds is 5. The number of methoxy groups -OCH3 is 1. The SMILES string of the molecule is COC1=C(N2CCN(c3ccc(C(C)(C)O)cn3)CC2=O)C=NC2=C(c3ccc(C#N)cc3)C=CCC21. The van der Waals surface area contributed by atoms with Gasteiger partial charge in [-0.2, -0.15) is 5.26 Å². The molecular formula is C29H29N5O3. The smallest absolute Gasteiger partial charge is 0.246 e. The fraction of sp³-hybridized carbons (Fsp3) is 0.310. The van der Waals surface area contributed by atoms with Crippen molar-refractivity contribution >= 4 is 23.5 Å². The summed E-state index contributed by atoms with van der Waals surface area (Å²) in [6.45, 7) is 4.71. The number of nitrogens with zero attached hydrogens (tertiary/aromatic N) is 5. The van der Waals surface area contributed by atoms with Crippen LogP contribution in [0.2, 0.25) is 0 Å². The van der Waals surface area contributed by atoms with Crippen LogP contribution in [0.5, 0.6) is 0 Å². The number of hydrogen-bond acceptors (Lipinski definition) is 7. The monoisotopic (exact) mass is 495 g/mol. The van der Waals surface area contributed by atoms with E-state index in [1.54, 1.807) is 50.4 Å². The van der Waals surface area contributed by atoms with E-state index in [1.807, 2.05) is 29.2 Å². The highest BCUT2D eigenvalue weighted by atomic mass is 16.5. The Labute approximate surface area is 216 Å². The summed E-state index contributed by atoms with van der Waals surface area (Å²) in [4.78, 5) is 26.3. The van der Waals surface area contributed by atoms with Crippen LogP contribution >= 0.6 is 0 Å². The summed E-state index contributed by atoms with van der Waals surface area (Å²) in [5.41, 5.74) is 3.93. The van der Waals surface area contributed by atoms with Gasteiger partial charge in [0.25, 0.3) is 0 Å². The fourth-order valence-electron chi connectivity index (χ4n) is 4.95. The van der Waals surface area contributed by atoms with Crippen molar-refractivity contribution in [3.63, 3.8) is 0 Å². The molecular weight excluding hydrogens is 466 g/mol. The highest BCUT2D eigenvalue weighted by Crippen LogP contribution is 2.40. The van der Waals surface area contributed by atoms with Gasteiger partial charge < -0.3 is 19.6 Å². The topological polar surface area (TPSA) is 102 Å². The number of piperazine rings is 1. The third-order valence-electron chi connectivity index (χ3n) is 6.99. The Hall–Kier alpha value is -4.22. The van der Waals surface area contributed by atoms with Gasteiger partial charge in [0.1, 0.15) is 17.3 Å². The molecule has 2 aromatic rings. The molecule has 0 bridgehead atoms. The van der Waals surface area contributed by atoms with E-state index in [1.165, 1.54) is 0 Å². The third kappa shape index (κ3) is 4.66. The van der Waals surface area contributed by atoms with Crippen LogP contribution in [-0.4, -0.2) is 53.9 Å². The largest absolute Gasteiger partial charge is 0.498 e. The molecule has 1 aromatic heterocycles. The van der Waals surface area contributed by atoms with Crippen LogP contribution in [0.25, 0.3) is 5.57 Å². The third-order valence-corrected chi connectivity index (χ3v) is 6.99. The number of pyridine rings is 1. The number of amides is 1. The van der Waals surface area contributed by atoms with E-state index in [2.05, 4.69) is 23.2 Å². The van der Waals surface area contributed by atoms with Crippen LogP contribution in [-0.2, 0) is 15.1 Å². The van der Waals surface area contributed by atoms with Crippen molar-refractivity contribution in [3.05, 3.63) is 88.6 Å². The molecule has 1 fully saturated rings. The van der Waals surface area contributed by atoms with Crippen LogP contribution in [0.3, 0.4) is 0 Å². The molecule has 0 spiro atoms. The summed E-state index contributed by atoms with van der Waals surface area (Å²) >= 11 is 0. The molecule has 37 heavy (non-hydrogen) atoms. The molecule has 188 valence electrons. The number of dihydropyridines is 1. The van der Waals surface area contributed by atoms with Gasteiger partial charge in [-0.15, -0.1) is 0 Å². The van der Waals surface area contributed by atoms with Crippen molar-refractivity contribution in [3.8, 4) is 6.07 Å². The van der Waals surface area contributed by atoms with Gasteiger partial charge in [-0.25, -0.2) is 4.98 Å². The Bertz CT molecular complexity index is 1370. The van der Waals surface area contributed by atoms with Crippen molar-refractivity contribution in [2.75, 3.05) is 31.6 Å². The molecule has 1 unspecified atom stereocenters. The Balaban J connectivity index is 1.38. The zero-order valence-electron chi connectivity index (χ0n) is 21.2. The number of carbonyl (C=O) groups excluding carboxylic acids is 1. The highest BCUT2D eigenvalue weighted by Gasteiger charge is 2.35. The molecule has 1 N–H and O–H groups in total. The van der Waals surface area contributed by atoms with E-state index in [-0.39, 0.29) is 18.4 Å². The van der Waals surface area contributed by atoms with E-state index in [4.69, 9.17) is 15.0 Å². The van der Waals surface area contributed by atoms with E-state index >= 15 is 0 Å². The molecule has 5 rings (SSSR count). The maximum atomic E-state index is 13.3. The van der Waals surface area contributed by atoms with Crippen LogP contribution < -0.4 is 4.90 Å². The molecule has 1 saturated heterocycles. The molecule has 0 saturated carbocycles. The molecule has 3 aliphatic rings. The standard InChI is InChI=1S/C29H29N5O3/c1-29(2,36)21-11-12-25(31-16-21)33-13-14-34(26(35)18-33)24-17-32-27-22(5-4-6-23(27)28(24)37-3)20-9-7-19(15-30)8-10-20/h4-5,7-12,16-17,23,36H,6,13-14,18H2,1-3H3. The lowest BCUT2D eigenvalue weighted by Gasteiger charge is -2.38. The van der Waals surface area contributed by atoms with Gasteiger partial charge >= 0.3 is 0 Å². The number of nitriles is 1. The van der Waals surface area contributed by atoms with Gasteiger partial charge in [-0.3, -0.25) is 9.79 Å². The summed E-state index contributed by atoms with van der Waals surface area (Å²) in [6, 6.07) is 13.3. The number of ether oxygens (including phenoxy) is 1. The Morgan fingerprint density at radius 3 is 2.57 bits per heavy atom. The number of fused-ring (bicyclic) bond motifs is 1. The molecule has 2 aliphatic heterocycles. The van der Waals surface area contributed by atoms with Gasteiger partial charge in [-0.1, -0.05) is 30.4 Å². The summed E-state index contributed by atoms with van der Waals surface area (Å²) in [5, 5.41) is 19.3. The zero-order valence-corrected chi connectivity index (χ0v) is 21.2. The molecule has 8 heteroatoms. The van der Waals surface area contributed by atoms with Gasteiger partial charge in [-0.05, 0) is 44.0 Å². The summed E-state index contributed by atoms with van der Waals surface area (Å²) in [5.74, 6) is 1.29. The average molecular weight is 496 g/mol. The molecule has 1 atom stereocenters. The van der Waals surface area contributed by atoms with Crippen molar-refractivity contribution < 1.29 is 14.6 Å². The van der Waals surface area contributed by atoms with Gasteiger partial charge in [0, 0.05) is 30.4 Å². The summed E-state index contributed by atoms with van der Waals surface area (Å²) < 4.78 is 5.89. The number of carbonyl (C=O) groups is 1. The maximum absolute atomic E-state index is 13.3. The molecule has 8 nitrogen and oxygen atoms in total. The Morgan fingerprint density at radius 1 is 1.16 bits per heavy atom. The van der Waals surface area contributed by atoms with Gasteiger partial charge in [0.2, 0.25) is 5.91 Å². The van der Waals surface area contributed by atoms with Gasteiger partial charge in [0.05, 0.1) is 48.7 Å². The minimum atomic E-state index is -0.967. The van der Waals surface area contributed by atoms with Crippen LogP contribution in [0.15, 0.2) is 76.9 Å². The lowest BCUT2D eigenvalue weighted by Crippen LogP contribution is -2.51. The predicted molar refractivity (Wildman–Crippen MR) is 141 cm³/mol. The molecule has 3 heterocycles. The van der Waals surface area contributed by atoms with Crippen LogP contribution in [0.1, 0.15) is 37.0 Å². The molecule has 1 amide bonds. The number of allylic oxidation sites excluding steroid dienone is 4. The first-order valence-electron chi connectivity index (χ1n) is 12.3. The van der Waals surface area contributed by atoms with Crippen molar-refractivity contribution in [1.82, 2.24) is 9.88 Å². The predicted octanol–water partition coefficient (Wildman–Crippen LogP) is 3.76. The second kappa shape index (κ2) is 9.68. The molecule has 1 aromatic carbocycles. The van der Waals surface area contributed by atoms with E-state index in [0.717, 1.165) is 34.6 Å². The lowest BCUT2D eigenvalue weighted by molar-refractivity contribution is -0.128. The van der Waals surface area contributed by atoms with E-state index < -0.39 is 5.60 Å². The lowest BCUT2D eigenvalue weighted by atomic mass is 9.85.